The van der Waals surface area contributed by atoms with Gasteiger partial charge in [0.1, 0.15) is 6.04 Å². The van der Waals surface area contributed by atoms with Crippen LogP contribution in [-0.2, 0) is 17.4 Å². The van der Waals surface area contributed by atoms with Gasteiger partial charge in [0.2, 0.25) is 0 Å². The van der Waals surface area contributed by atoms with Crippen LogP contribution in [-0.4, -0.2) is 23.0 Å². The van der Waals surface area contributed by atoms with Crippen LogP contribution in [0, 0.1) is 11.3 Å². The first-order chi connectivity index (χ1) is 12.2. The molecular formula is C18H13F3N2O3. The van der Waals surface area contributed by atoms with Gasteiger partial charge < -0.3 is 10.4 Å². The Morgan fingerprint density at radius 1 is 1.15 bits per heavy atom. The number of carboxylic acids is 1. The van der Waals surface area contributed by atoms with Crippen LogP contribution in [0.4, 0.5) is 13.2 Å². The van der Waals surface area contributed by atoms with Gasteiger partial charge >= 0.3 is 12.1 Å². The van der Waals surface area contributed by atoms with Crippen molar-refractivity contribution in [2.75, 3.05) is 0 Å². The predicted molar refractivity (Wildman–Crippen MR) is 85.2 cm³/mol. The molecular weight excluding hydrogens is 349 g/mol. The Balaban J connectivity index is 2.24. The monoisotopic (exact) mass is 362 g/mol. The molecule has 2 N–H and O–H groups in total. The molecule has 26 heavy (non-hydrogen) atoms. The molecule has 0 bridgehead atoms. The number of hydrogen-bond acceptors (Lipinski definition) is 3. The first-order valence-corrected chi connectivity index (χ1v) is 7.41. The third kappa shape index (κ3) is 4.60. The lowest BCUT2D eigenvalue weighted by molar-refractivity contribution is -0.139. The molecule has 0 aromatic heterocycles. The van der Waals surface area contributed by atoms with Gasteiger partial charge in [0, 0.05) is 6.42 Å². The molecule has 0 saturated heterocycles. The molecule has 0 aliphatic carbocycles. The largest absolute Gasteiger partial charge is 0.480 e. The molecule has 2 aromatic carbocycles. The van der Waals surface area contributed by atoms with Gasteiger partial charge in [-0.15, -0.1) is 0 Å². The van der Waals surface area contributed by atoms with Gasteiger partial charge in [-0.2, -0.15) is 18.4 Å². The lowest BCUT2D eigenvalue weighted by Crippen LogP contribution is -2.42. The van der Waals surface area contributed by atoms with Crippen LogP contribution in [0.5, 0.6) is 0 Å². The summed E-state index contributed by atoms with van der Waals surface area (Å²) in [5, 5.41) is 20.3. The van der Waals surface area contributed by atoms with Crippen LogP contribution in [0.15, 0.2) is 48.5 Å². The van der Waals surface area contributed by atoms with Crippen molar-refractivity contribution < 1.29 is 27.9 Å². The number of alkyl halides is 3. The number of aliphatic carboxylic acids is 1. The van der Waals surface area contributed by atoms with Crippen molar-refractivity contribution in [3.63, 3.8) is 0 Å². The summed E-state index contributed by atoms with van der Waals surface area (Å²) in [5.41, 5.74) is -1.04. The highest BCUT2D eigenvalue weighted by Gasteiger charge is 2.35. The van der Waals surface area contributed by atoms with E-state index in [0.717, 1.165) is 18.2 Å². The van der Waals surface area contributed by atoms with Gasteiger partial charge in [0.25, 0.3) is 5.91 Å². The standard InChI is InChI=1S/C18H13F3N2O3/c19-18(20,21)14-7-2-1-6-13(14)16(24)23-15(17(25)26)9-11-4-3-5-12(8-11)10-22/h1-8,15H,9H2,(H,23,24)(H,25,26)/t15-/m1/s1. The molecule has 134 valence electrons. The summed E-state index contributed by atoms with van der Waals surface area (Å²) >= 11 is 0. The number of hydrogen-bond donors (Lipinski definition) is 2. The number of carbonyl (C=O) groups excluding carboxylic acids is 1. The number of nitriles is 1. The molecule has 0 radical (unpaired) electrons. The van der Waals surface area contributed by atoms with Crippen LogP contribution >= 0.6 is 0 Å². The summed E-state index contributed by atoms with van der Waals surface area (Å²) in [7, 11) is 0. The summed E-state index contributed by atoms with van der Waals surface area (Å²) in [6.07, 6.45) is -4.92. The van der Waals surface area contributed by atoms with Crippen LogP contribution in [0.1, 0.15) is 27.0 Å². The number of rotatable bonds is 5. The van der Waals surface area contributed by atoms with Crippen LogP contribution in [0.3, 0.4) is 0 Å². The Hall–Kier alpha value is -3.34. The number of carbonyl (C=O) groups is 2. The second-order valence-electron chi connectivity index (χ2n) is 5.42. The number of nitrogens with one attached hydrogen (secondary N) is 1. The molecule has 5 nitrogen and oxygen atoms in total. The molecule has 2 aromatic rings. The second-order valence-corrected chi connectivity index (χ2v) is 5.42. The highest BCUT2D eigenvalue weighted by molar-refractivity contribution is 5.98. The third-order valence-corrected chi connectivity index (χ3v) is 3.58. The lowest BCUT2D eigenvalue weighted by Gasteiger charge is -2.17. The lowest BCUT2D eigenvalue weighted by atomic mass is 10.0. The van der Waals surface area contributed by atoms with Crippen LogP contribution in [0.25, 0.3) is 0 Å². The van der Waals surface area contributed by atoms with Gasteiger partial charge in [-0.3, -0.25) is 4.79 Å². The van der Waals surface area contributed by atoms with E-state index in [2.05, 4.69) is 5.32 Å². The first-order valence-electron chi connectivity index (χ1n) is 7.41. The molecule has 0 aliphatic rings. The van der Waals surface area contributed by atoms with E-state index in [9.17, 15) is 27.9 Å². The zero-order chi connectivity index (χ0) is 19.3. The summed E-state index contributed by atoms with van der Waals surface area (Å²) in [6.45, 7) is 0. The fourth-order valence-electron chi connectivity index (χ4n) is 2.37. The van der Waals surface area contributed by atoms with Crippen molar-refractivity contribution >= 4 is 11.9 Å². The molecule has 2 rings (SSSR count). The Morgan fingerprint density at radius 2 is 1.85 bits per heavy atom. The molecule has 0 heterocycles. The Bertz CT molecular complexity index is 872. The van der Waals surface area contributed by atoms with E-state index in [4.69, 9.17) is 5.26 Å². The summed E-state index contributed by atoms with van der Waals surface area (Å²) in [4.78, 5) is 23.6. The van der Waals surface area contributed by atoms with Crippen molar-refractivity contribution in [1.82, 2.24) is 5.32 Å². The maximum atomic E-state index is 13.0. The van der Waals surface area contributed by atoms with E-state index >= 15 is 0 Å². The maximum absolute atomic E-state index is 13.0. The second kappa shape index (κ2) is 7.70. The first kappa shape index (κ1) is 19.0. The van der Waals surface area contributed by atoms with Gasteiger partial charge in [0.15, 0.2) is 0 Å². The normalized spacial score (nSPS) is 12.1. The van der Waals surface area contributed by atoms with E-state index in [1.54, 1.807) is 12.1 Å². The topological polar surface area (TPSA) is 90.2 Å². The molecule has 0 spiro atoms. The summed E-state index contributed by atoms with van der Waals surface area (Å²) in [5.74, 6) is -2.54. The van der Waals surface area contributed by atoms with Gasteiger partial charge in [-0.25, -0.2) is 4.79 Å². The fourth-order valence-corrected chi connectivity index (χ4v) is 2.37. The minimum Gasteiger partial charge on any atom is -0.480 e. The highest BCUT2D eigenvalue weighted by Crippen LogP contribution is 2.31. The Kier molecular flexibility index (Phi) is 5.62. The molecule has 0 aliphatic heterocycles. The average Bonchev–Trinajstić information content (AvgIpc) is 2.60. The summed E-state index contributed by atoms with van der Waals surface area (Å²) < 4.78 is 39.0. The zero-order valence-electron chi connectivity index (χ0n) is 13.2. The van der Waals surface area contributed by atoms with Crippen molar-refractivity contribution in [3.8, 4) is 6.07 Å². The highest BCUT2D eigenvalue weighted by atomic mass is 19.4. The molecule has 0 unspecified atom stereocenters. The number of amides is 1. The van der Waals surface area contributed by atoms with Crippen LogP contribution < -0.4 is 5.32 Å². The maximum Gasteiger partial charge on any atom is 0.417 e. The quantitative estimate of drug-likeness (QED) is 0.856. The third-order valence-electron chi connectivity index (χ3n) is 3.58. The van der Waals surface area contributed by atoms with Crippen molar-refractivity contribution in [1.29, 1.82) is 5.26 Å². The van der Waals surface area contributed by atoms with Gasteiger partial charge in [-0.05, 0) is 29.8 Å². The molecule has 0 saturated carbocycles. The fraction of sp³-hybridized carbons (Fsp3) is 0.167. The molecule has 0 fully saturated rings. The molecule has 1 atom stereocenters. The van der Waals surface area contributed by atoms with Crippen molar-refractivity contribution in [2.45, 2.75) is 18.6 Å². The SMILES string of the molecule is N#Cc1cccc(C[C@@H](NC(=O)c2ccccc2C(F)(F)F)C(=O)O)c1. The Morgan fingerprint density at radius 3 is 2.46 bits per heavy atom. The number of nitrogens with zero attached hydrogens (tertiary/aromatic N) is 1. The van der Waals surface area contributed by atoms with Gasteiger partial charge in [-0.1, -0.05) is 24.3 Å². The van der Waals surface area contributed by atoms with Gasteiger partial charge in [0.05, 0.1) is 22.8 Å². The average molecular weight is 362 g/mol. The van der Waals surface area contributed by atoms with E-state index in [0.29, 0.717) is 11.1 Å². The molecule has 1 amide bonds. The van der Waals surface area contributed by atoms with Crippen LogP contribution in [0.2, 0.25) is 0 Å². The van der Waals surface area contributed by atoms with E-state index in [1.165, 1.54) is 18.2 Å². The summed E-state index contributed by atoms with van der Waals surface area (Å²) in [6, 6.07) is 10.7. The van der Waals surface area contributed by atoms with E-state index < -0.39 is 35.2 Å². The van der Waals surface area contributed by atoms with E-state index in [-0.39, 0.29) is 6.42 Å². The molecule has 8 heteroatoms. The van der Waals surface area contributed by atoms with Crippen molar-refractivity contribution in [2.24, 2.45) is 0 Å². The minimum absolute atomic E-state index is 0.176. The minimum atomic E-state index is -4.74. The predicted octanol–water partition coefficient (Wildman–Crippen LogP) is 3.00. The number of benzene rings is 2. The number of carboxylic acid groups (broad SMARTS) is 1. The number of halogens is 3. The smallest absolute Gasteiger partial charge is 0.417 e. The zero-order valence-corrected chi connectivity index (χ0v) is 13.2. The van der Waals surface area contributed by atoms with E-state index in [1.807, 2.05) is 6.07 Å². The van der Waals surface area contributed by atoms with Crippen molar-refractivity contribution in [3.05, 3.63) is 70.8 Å². The Labute approximate surface area is 146 Å².